The lowest BCUT2D eigenvalue weighted by Crippen LogP contribution is -2.32. The van der Waals surface area contributed by atoms with Gasteiger partial charge >= 0.3 is 0 Å². The summed E-state index contributed by atoms with van der Waals surface area (Å²) in [6, 6.07) is 0. The van der Waals surface area contributed by atoms with Gasteiger partial charge in [0, 0.05) is 0 Å². The van der Waals surface area contributed by atoms with Crippen LogP contribution in [0.4, 0.5) is 0 Å². The van der Waals surface area contributed by atoms with Gasteiger partial charge in [-0.3, -0.25) is 5.26 Å². The molecule has 0 bridgehead atoms. The van der Waals surface area contributed by atoms with E-state index in [9.17, 15) is 0 Å². The van der Waals surface area contributed by atoms with Gasteiger partial charge in [0.25, 0.3) is 0 Å². The average molecular weight is 174 g/mol. The van der Waals surface area contributed by atoms with E-state index in [1.807, 2.05) is 13.8 Å². The fourth-order valence-corrected chi connectivity index (χ4v) is 1.71. The quantitative estimate of drug-likeness (QED) is 0.512. The van der Waals surface area contributed by atoms with E-state index in [0.717, 1.165) is 19.3 Å². The van der Waals surface area contributed by atoms with E-state index in [1.165, 1.54) is 19.3 Å². The van der Waals surface area contributed by atoms with Crippen molar-refractivity contribution < 1.29 is 10.1 Å². The van der Waals surface area contributed by atoms with Crippen molar-refractivity contribution in [2.24, 2.45) is 0 Å². The topological polar surface area (TPSA) is 29.5 Å². The van der Waals surface area contributed by atoms with Gasteiger partial charge < -0.3 is 0 Å². The van der Waals surface area contributed by atoms with Crippen molar-refractivity contribution in [3.63, 3.8) is 0 Å². The van der Waals surface area contributed by atoms with Crippen LogP contribution in [0.15, 0.2) is 0 Å². The molecule has 0 aromatic rings. The smallest absolute Gasteiger partial charge is 0.103 e. The first-order valence-corrected chi connectivity index (χ1v) is 5.15. The molecule has 0 saturated heterocycles. The molecule has 0 aromatic heterocycles. The van der Waals surface area contributed by atoms with Crippen molar-refractivity contribution in [3.8, 4) is 0 Å². The van der Waals surface area contributed by atoms with Gasteiger partial charge in [0.2, 0.25) is 0 Å². The molecule has 2 heteroatoms. The van der Waals surface area contributed by atoms with Gasteiger partial charge in [-0.2, -0.15) is 0 Å². The molecule has 1 aliphatic rings. The van der Waals surface area contributed by atoms with Crippen LogP contribution >= 0.6 is 0 Å². The molecule has 0 aromatic carbocycles. The SMILES string of the molecule is CC.CCC1(OO)CCCCC1. The Morgan fingerprint density at radius 2 is 1.67 bits per heavy atom. The third kappa shape index (κ3) is 3.11. The summed E-state index contributed by atoms with van der Waals surface area (Å²) in [5.74, 6) is 0. The summed E-state index contributed by atoms with van der Waals surface area (Å²) in [4.78, 5) is 4.53. The van der Waals surface area contributed by atoms with E-state index in [2.05, 4.69) is 11.8 Å². The zero-order valence-corrected chi connectivity index (χ0v) is 8.60. The molecule has 1 saturated carbocycles. The Morgan fingerprint density at radius 3 is 1.92 bits per heavy atom. The minimum absolute atomic E-state index is 0.182. The Hall–Kier alpha value is -0.0800. The van der Waals surface area contributed by atoms with Crippen LogP contribution in [-0.2, 0) is 4.89 Å². The molecule has 0 heterocycles. The molecule has 1 N–H and O–H groups in total. The second-order valence-corrected chi connectivity index (χ2v) is 3.19. The first-order chi connectivity index (χ1) is 5.83. The lowest BCUT2D eigenvalue weighted by Gasteiger charge is -2.32. The Bertz CT molecular complexity index is 90.0. The van der Waals surface area contributed by atoms with Gasteiger partial charge in [0.15, 0.2) is 0 Å². The van der Waals surface area contributed by atoms with Crippen LogP contribution < -0.4 is 0 Å². The highest BCUT2D eigenvalue weighted by Crippen LogP contribution is 2.33. The van der Waals surface area contributed by atoms with E-state index < -0.39 is 0 Å². The zero-order valence-electron chi connectivity index (χ0n) is 8.60. The van der Waals surface area contributed by atoms with Gasteiger partial charge in [-0.1, -0.05) is 40.0 Å². The van der Waals surface area contributed by atoms with Crippen molar-refractivity contribution >= 4 is 0 Å². The van der Waals surface area contributed by atoms with E-state index in [0.29, 0.717) is 0 Å². The molecule has 0 amide bonds. The molecule has 0 atom stereocenters. The highest BCUT2D eigenvalue weighted by Gasteiger charge is 2.31. The van der Waals surface area contributed by atoms with Crippen molar-refractivity contribution in [3.05, 3.63) is 0 Å². The molecule has 1 fully saturated rings. The minimum Gasteiger partial charge on any atom is -0.251 e. The van der Waals surface area contributed by atoms with Crippen molar-refractivity contribution in [2.45, 2.75) is 64.9 Å². The van der Waals surface area contributed by atoms with Crippen LogP contribution in [0.5, 0.6) is 0 Å². The largest absolute Gasteiger partial charge is 0.251 e. The Morgan fingerprint density at radius 1 is 1.17 bits per heavy atom. The van der Waals surface area contributed by atoms with Crippen LogP contribution in [0.2, 0.25) is 0 Å². The maximum atomic E-state index is 8.64. The van der Waals surface area contributed by atoms with Crippen LogP contribution in [-0.4, -0.2) is 10.9 Å². The standard InChI is InChI=1S/C8H16O2.C2H6/c1-2-8(10-9)6-4-3-5-7-8;1-2/h9H,2-7H2,1H3;1-2H3. The molecular weight excluding hydrogens is 152 g/mol. The summed E-state index contributed by atoms with van der Waals surface area (Å²) in [6.07, 6.45) is 6.69. The molecule has 74 valence electrons. The van der Waals surface area contributed by atoms with Gasteiger partial charge in [-0.05, 0) is 19.3 Å². The number of hydrogen-bond acceptors (Lipinski definition) is 2. The third-order valence-corrected chi connectivity index (χ3v) is 2.60. The average Bonchev–Trinajstić information content (AvgIpc) is 2.22. The monoisotopic (exact) mass is 174 g/mol. The summed E-state index contributed by atoms with van der Waals surface area (Å²) in [5, 5.41) is 8.64. The summed E-state index contributed by atoms with van der Waals surface area (Å²) in [6.45, 7) is 6.07. The Balaban J connectivity index is 0.000000561. The zero-order chi connectivity index (χ0) is 9.45. The number of hydrogen-bond donors (Lipinski definition) is 1. The highest BCUT2D eigenvalue weighted by molar-refractivity contribution is 4.81. The molecule has 0 radical (unpaired) electrons. The lowest BCUT2D eigenvalue weighted by atomic mass is 9.83. The van der Waals surface area contributed by atoms with Gasteiger partial charge in [-0.25, -0.2) is 4.89 Å². The predicted molar refractivity (Wildman–Crippen MR) is 51.2 cm³/mol. The van der Waals surface area contributed by atoms with E-state index in [-0.39, 0.29) is 5.60 Å². The molecule has 1 rings (SSSR count). The molecule has 0 aliphatic heterocycles. The molecule has 1 aliphatic carbocycles. The van der Waals surface area contributed by atoms with Crippen molar-refractivity contribution in [1.82, 2.24) is 0 Å². The van der Waals surface area contributed by atoms with Crippen LogP contribution in [0.25, 0.3) is 0 Å². The summed E-state index contributed by atoms with van der Waals surface area (Å²) >= 11 is 0. The lowest BCUT2D eigenvalue weighted by molar-refractivity contribution is -0.331. The van der Waals surface area contributed by atoms with Gasteiger partial charge in [0.1, 0.15) is 5.60 Å². The van der Waals surface area contributed by atoms with Crippen LogP contribution in [0.1, 0.15) is 59.3 Å². The second-order valence-electron chi connectivity index (χ2n) is 3.19. The molecule has 2 nitrogen and oxygen atoms in total. The maximum absolute atomic E-state index is 8.64. The molecule has 0 spiro atoms. The van der Waals surface area contributed by atoms with Crippen LogP contribution in [0.3, 0.4) is 0 Å². The molecular formula is C10H22O2. The van der Waals surface area contributed by atoms with Crippen molar-refractivity contribution in [1.29, 1.82) is 0 Å². The van der Waals surface area contributed by atoms with Gasteiger partial charge in [-0.15, -0.1) is 0 Å². The van der Waals surface area contributed by atoms with Crippen molar-refractivity contribution in [2.75, 3.05) is 0 Å². The fraction of sp³-hybridized carbons (Fsp3) is 1.00. The highest BCUT2D eigenvalue weighted by atomic mass is 17.1. The summed E-state index contributed by atoms with van der Waals surface area (Å²) < 4.78 is 0. The minimum atomic E-state index is -0.182. The fourth-order valence-electron chi connectivity index (χ4n) is 1.71. The molecule has 0 unspecified atom stereocenters. The summed E-state index contributed by atoms with van der Waals surface area (Å²) in [7, 11) is 0. The Kier molecular flexibility index (Phi) is 6.39. The molecule has 12 heavy (non-hydrogen) atoms. The predicted octanol–water partition coefficient (Wildman–Crippen LogP) is 3.62. The second kappa shape index (κ2) is 6.44. The third-order valence-electron chi connectivity index (χ3n) is 2.60. The maximum Gasteiger partial charge on any atom is 0.103 e. The van der Waals surface area contributed by atoms with E-state index >= 15 is 0 Å². The van der Waals surface area contributed by atoms with E-state index in [4.69, 9.17) is 5.26 Å². The Labute approximate surface area is 75.9 Å². The van der Waals surface area contributed by atoms with Gasteiger partial charge in [0.05, 0.1) is 0 Å². The summed E-state index contributed by atoms with van der Waals surface area (Å²) in [5.41, 5.74) is -0.182. The van der Waals surface area contributed by atoms with E-state index in [1.54, 1.807) is 0 Å². The van der Waals surface area contributed by atoms with Crippen LogP contribution in [0, 0.1) is 0 Å². The number of rotatable bonds is 2. The first-order valence-electron chi connectivity index (χ1n) is 5.15. The first kappa shape index (κ1) is 11.9. The normalized spacial score (nSPS) is 21.0.